The topological polar surface area (TPSA) is 3.24 Å². The predicted octanol–water partition coefficient (Wildman–Crippen LogP) is 13.5. The number of likely N-dealkylation sites (N-methyl/N-ethyl adjacent to an activating group) is 1. The minimum absolute atomic E-state index is 0.111. The molecular weight excluding hydrogens is 623 g/mol. The molecule has 0 spiro atoms. The maximum Gasteiger partial charge on any atom is 0.0456 e. The van der Waals surface area contributed by atoms with Crippen LogP contribution in [0.2, 0.25) is 0 Å². The average molecular weight is 672 g/mol. The van der Waals surface area contributed by atoms with E-state index >= 15 is 0 Å². The monoisotopic (exact) mass is 671 g/mol. The maximum absolute atomic E-state index is 4.68. The predicted molar refractivity (Wildman–Crippen MR) is 219 cm³/mol. The normalized spacial score (nSPS) is 17.8. The quantitative estimate of drug-likeness (QED) is 0.151. The van der Waals surface area contributed by atoms with Crippen LogP contribution in [0.4, 0.5) is 5.69 Å². The number of rotatable bonds is 8. The smallest absolute Gasteiger partial charge is 0.0456 e. The Balaban J connectivity index is 1.29. The SMILES string of the molecule is C=C(/C=C/C1=C(Sc2ccccc2)C(=C/C=C2/N(CC)c3ccc4ccccc4c3C2(C)C)/CCC1)C(C)(C)c1c(C)ccc2ccccc12. The van der Waals surface area contributed by atoms with Gasteiger partial charge in [0, 0.05) is 38.6 Å². The fourth-order valence-corrected chi connectivity index (χ4v) is 9.43. The average Bonchev–Trinajstić information content (AvgIpc) is 3.35. The Labute approximate surface area is 303 Å². The van der Waals surface area contributed by atoms with Crippen molar-refractivity contribution in [1.82, 2.24) is 0 Å². The standard InChI is InChI=1S/C48H49NS/c1-8-49-42-31-29-36-18-13-15-24-41(36)45(42)48(6,7)43(49)32-30-38-20-16-19-37(46(38)50-39-21-10-9-11-22-39)28-26-34(3)47(4,5)44-33(2)25-27-35-17-12-14-23-40(35)44/h9-15,17-18,21-32H,3,8,16,19-20H2,1-2,4-7H3/b28-26+,38-30+,43-32+. The van der Waals surface area contributed by atoms with E-state index in [2.05, 4.69) is 180 Å². The third kappa shape index (κ3) is 6.09. The molecule has 0 radical (unpaired) electrons. The van der Waals surface area contributed by atoms with Crippen molar-refractivity contribution < 1.29 is 0 Å². The molecule has 7 rings (SSSR count). The number of allylic oxidation sites excluding steroid dienone is 8. The van der Waals surface area contributed by atoms with Gasteiger partial charge in [-0.3, -0.25) is 0 Å². The molecule has 1 nitrogen and oxygen atoms in total. The molecular formula is C48H49NS. The molecule has 0 fully saturated rings. The highest BCUT2D eigenvalue weighted by atomic mass is 32.2. The number of thioether (sulfide) groups is 1. The van der Waals surface area contributed by atoms with Crippen molar-refractivity contribution in [1.29, 1.82) is 0 Å². The van der Waals surface area contributed by atoms with Crippen molar-refractivity contribution >= 4 is 39.0 Å². The molecule has 0 unspecified atom stereocenters. The van der Waals surface area contributed by atoms with Crippen molar-refractivity contribution in [2.75, 3.05) is 11.4 Å². The maximum atomic E-state index is 4.68. The van der Waals surface area contributed by atoms with Crippen LogP contribution in [0.3, 0.4) is 0 Å². The van der Waals surface area contributed by atoms with Crippen molar-refractivity contribution in [3.63, 3.8) is 0 Å². The molecule has 0 aromatic heterocycles. The summed E-state index contributed by atoms with van der Waals surface area (Å²) in [4.78, 5) is 5.18. The molecule has 0 saturated carbocycles. The van der Waals surface area contributed by atoms with E-state index in [1.165, 1.54) is 70.6 Å². The van der Waals surface area contributed by atoms with Gasteiger partial charge in [-0.25, -0.2) is 0 Å². The summed E-state index contributed by atoms with van der Waals surface area (Å²) in [6.45, 7) is 19.6. The van der Waals surface area contributed by atoms with Crippen LogP contribution in [0.5, 0.6) is 0 Å². The van der Waals surface area contributed by atoms with Gasteiger partial charge in [-0.05, 0) is 112 Å². The van der Waals surface area contributed by atoms with E-state index in [9.17, 15) is 0 Å². The zero-order valence-electron chi connectivity index (χ0n) is 30.5. The number of anilines is 1. The highest BCUT2D eigenvalue weighted by Gasteiger charge is 2.40. The van der Waals surface area contributed by atoms with E-state index in [0.717, 1.165) is 31.4 Å². The molecule has 0 N–H and O–H groups in total. The fourth-order valence-electron chi connectivity index (χ4n) is 8.29. The molecule has 2 heteroatoms. The number of hydrogen-bond donors (Lipinski definition) is 0. The molecule has 5 aromatic rings. The van der Waals surface area contributed by atoms with Crippen molar-refractivity contribution in [2.24, 2.45) is 0 Å². The van der Waals surface area contributed by atoms with Crippen molar-refractivity contribution in [2.45, 2.75) is 76.5 Å². The first-order valence-corrected chi connectivity index (χ1v) is 19.0. The molecule has 1 heterocycles. The lowest BCUT2D eigenvalue weighted by Gasteiger charge is -2.30. The summed E-state index contributed by atoms with van der Waals surface area (Å²) in [5.74, 6) is 0. The fraction of sp³-hybridized carbons (Fsp3) is 0.250. The van der Waals surface area contributed by atoms with Crippen molar-refractivity contribution in [3.05, 3.63) is 178 Å². The zero-order chi connectivity index (χ0) is 35.0. The van der Waals surface area contributed by atoms with Crippen LogP contribution in [0.1, 0.15) is 70.6 Å². The van der Waals surface area contributed by atoms with Gasteiger partial charge in [0.25, 0.3) is 0 Å². The van der Waals surface area contributed by atoms with Crippen LogP contribution in [0.15, 0.2) is 166 Å². The number of fused-ring (bicyclic) bond motifs is 4. The highest BCUT2D eigenvalue weighted by molar-refractivity contribution is 8.03. The van der Waals surface area contributed by atoms with Crippen molar-refractivity contribution in [3.8, 4) is 0 Å². The van der Waals surface area contributed by atoms with Crippen LogP contribution in [0, 0.1) is 6.92 Å². The van der Waals surface area contributed by atoms with Gasteiger partial charge in [0.2, 0.25) is 0 Å². The summed E-state index contributed by atoms with van der Waals surface area (Å²) in [7, 11) is 0. The number of benzene rings is 5. The van der Waals surface area contributed by atoms with E-state index in [-0.39, 0.29) is 10.8 Å². The van der Waals surface area contributed by atoms with E-state index < -0.39 is 0 Å². The second-order valence-electron chi connectivity index (χ2n) is 14.9. The second-order valence-corrected chi connectivity index (χ2v) is 16.0. The van der Waals surface area contributed by atoms with Crippen LogP contribution >= 0.6 is 11.8 Å². The Bertz CT molecular complexity index is 2220. The Hall–Kier alpha value is -4.53. The molecule has 2 aliphatic rings. The van der Waals surface area contributed by atoms with Crippen LogP contribution in [0.25, 0.3) is 21.5 Å². The molecule has 0 bridgehead atoms. The molecule has 0 atom stereocenters. The zero-order valence-corrected chi connectivity index (χ0v) is 31.3. The molecule has 5 aromatic carbocycles. The molecule has 252 valence electrons. The molecule has 50 heavy (non-hydrogen) atoms. The molecule has 0 amide bonds. The van der Waals surface area contributed by atoms with Gasteiger partial charge in [0.05, 0.1) is 0 Å². The van der Waals surface area contributed by atoms with Gasteiger partial charge in [-0.1, -0.05) is 149 Å². The van der Waals surface area contributed by atoms with Crippen LogP contribution in [-0.2, 0) is 10.8 Å². The number of nitrogens with zero attached hydrogens (tertiary/aromatic N) is 1. The van der Waals surface area contributed by atoms with Gasteiger partial charge in [0.15, 0.2) is 0 Å². The summed E-state index contributed by atoms with van der Waals surface area (Å²) in [6, 6.07) is 37.5. The lowest BCUT2D eigenvalue weighted by molar-refractivity contribution is 0.638. The third-order valence-corrected chi connectivity index (χ3v) is 12.2. The Morgan fingerprint density at radius 3 is 2.22 bits per heavy atom. The summed E-state index contributed by atoms with van der Waals surface area (Å²) in [5.41, 5.74) is 10.4. The van der Waals surface area contributed by atoms with E-state index in [4.69, 9.17) is 0 Å². The first-order valence-electron chi connectivity index (χ1n) is 18.1. The summed E-state index contributed by atoms with van der Waals surface area (Å²) < 4.78 is 0. The lowest BCUT2D eigenvalue weighted by Crippen LogP contribution is -2.25. The van der Waals surface area contributed by atoms with E-state index in [1.807, 2.05) is 11.8 Å². The minimum Gasteiger partial charge on any atom is -0.344 e. The summed E-state index contributed by atoms with van der Waals surface area (Å²) in [5, 5.41) is 5.26. The van der Waals surface area contributed by atoms with Crippen LogP contribution < -0.4 is 4.90 Å². The summed E-state index contributed by atoms with van der Waals surface area (Å²) in [6.07, 6.45) is 12.8. The van der Waals surface area contributed by atoms with E-state index in [1.54, 1.807) is 0 Å². The lowest BCUT2D eigenvalue weighted by atomic mass is 9.74. The first kappa shape index (κ1) is 33.9. The van der Waals surface area contributed by atoms with Crippen LogP contribution in [-0.4, -0.2) is 6.54 Å². The van der Waals surface area contributed by atoms with Gasteiger partial charge in [-0.15, -0.1) is 0 Å². The molecule has 1 aliphatic carbocycles. The third-order valence-electron chi connectivity index (χ3n) is 11.0. The number of aryl methyl sites for hydroxylation is 1. The van der Waals surface area contributed by atoms with E-state index in [0.29, 0.717) is 0 Å². The minimum atomic E-state index is -0.219. The second kappa shape index (κ2) is 13.6. The van der Waals surface area contributed by atoms with Gasteiger partial charge < -0.3 is 4.90 Å². The van der Waals surface area contributed by atoms with Gasteiger partial charge >= 0.3 is 0 Å². The Kier molecular flexibility index (Phi) is 9.26. The highest BCUT2D eigenvalue weighted by Crippen LogP contribution is 2.51. The van der Waals surface area contributed by atoms with Gasteiger partial charge in [0.1, 0.15) is 0 Å². The number of hydrogen-bond acceptors (Lipinski definition) is 2. The first-order chi connectivity index (χ1) is 24.1. The molecule has 1 aliphatic heterocycles. The van der Waals surface area contributed by atoms with Gasteiger partial charge in [-0.2, -0.15) is 0 Å². The summed E-state index contributed by atoms with van der Waals surface area (Å²) >= 11 is 1.91. The Morgan fingerprint density at radius 2 is 1.48 bits per heavy atom. The largest absolute Gasteiger partial charge is 0.344 e. The Morgan fingerprint density at radius 1 is 0.820 bits per heavy atom. The molecule has 0 saturated heterocycles.